The van der Waals surface area contributed by atoms with Crippen molar-refractivity contribution in [1.82, 2.24) is 33.6 Å². The first-order chi connectivity index (χ1) is 37.2. The normalized spacial score (nSPS) is 11.7. The lowest BCUT2D eigenvalue weighted by Gasteiger charge is -2.11. The van der Waals surface area contributed by atoms with E-state index < -0.39 is 0 Å². The summed E-state index contributed by atoms with van der Waals surface area (Å²) in [5.74, 6) is 1.76. The lowest BCUT2D eigenvalue weighted by molar-refractivity contribution is 1.06. The smallest absolute Gasteiger partial charge is 0.165 e. The molecular weight excluding hydrogens is 915 g/mol. The minimum Gasteiger partial charge on any atom is -0.309 e. The Morgan fingerprint density at radius 2 is 0.533 bits per heavy atom. The molecule has 0 amide bonds. The molecule has 0 aliphatic rings. The molecule has 0 aliphatic carbocycles. The molecule has 7 nitrogen and oxygen atoms in total. The molecule has 0 saturated carbocycles. The van der Waals surface area contributed by atoms with Crippen LogP contribution >= 0.6 is 0 Å². The van der Waals surface area contributed by atoms with Gasteiger partial charge in [-0.2, -0.15) is 0 Å². The molecule has 0 radical (unpaired) electrons. The van der Waals surface area contributed by atoms with Gasteiger partial charge in [-0.25, -0.2) is 15.0 Å². The summed E-state index contributed by atoms with van der Waals surface area (Å²) in [6, 6.07) is 88.6. The standard InChI is InChI=1S/C68H43N7/c1-5-17-44(18-6-1)66-70-67(45-19-7-2-8-20-45)72-68(71-66)50-37-53(43-69-42-50)75-64-35-31-48(46-29-33-62-56(38-46)54-25-13-15-27-60(54)73(62)51-21-9-3-10-22-51)40-58(64)59-41-49(32-36-65(59)75)47-30-34-63-57(39-47)55-26-14-16-28-61(55)74(63)52-23-11-4-12-24-52/h1-43H. The number of aromatic nitrogens is 7. The van der Waals surface area contributed by atoms with Gasteiger partial charge in [-0.1, -0.05) is 158 Å². The third-order valence-corrected chi connectivity index (χ3v) is 14.7. The van der Waals surface area contributed by atoms with Gasteiger partial charge in [0.1, 0.15) is 0 Å². The zero-order chi connectivity index (χ0) is 49.4. The molecular formula is C68H43N7. The molecule has 350 valence electrons. The van der Waals surface area contributed by atoms with Crippen molar-refractivity contribution < 1.29 is 0 Å². The number of para-hydroxylation sites is 4. The van der Waals surface area contributed by atoms with Crippen LogP contribution in [-0.2, 0) is 0 Å². The molecule has 15 aromatic rings. The molecule has 0 bridgehead atoms. The highest BCUT2D eigenvalue weighted by Crippen LogP contribution is 2.41. The molecule has 0 atom stereocenters. The third kappa shape index (κ3) is 7.05. The van der Waals surface area contributed by atoms with Crippen LogP contribution in [0.1, 0.15) is 0 Å². The Morgan fingerprint density at radius 1 is 0.213 bits per heavy atom. The van der Waals surface area contributed by atoms with E-state index in [1.807, 2.05) is 73.1 Å². The van der Waals surface area contributed by atoms with Crippen molar-refractivity contribution in [2.75, 3.05) is 0 Å². The summed E-state index contributed by atoms with van der Waals surface area (Å²) in [5, 5.41) is 7.16. The van der Waals surface area contributed by atoms with Crippen LogP contribution in [0.4, 0.5) is 0 Å². The number of hydrogen-bond donors (Lipinski definition) is 0. The minimum atomic E-state index is 0.551. The van der Waals surface area contributed by atoms with Crippen molar-refractivity contribution in [2.45, 2.75) is 0 Å². The number of benzene rings is 10. The molecule has 0 N–H and O–H groups in total. The predicted molar refractivity (Wildman–Crippen MR) is 308 cm³/mol. The van der Waals surface area contributed by atoms with Gasteiger partial charge in [0.25, 0.3) is 0 Å². The Morgan fingerprint density at radius 3 is 0.947 bits per heavy atom. The first-order valence-corrected chi connectivity index (χ1v) is 25.3. The highest BCUT2D eigenvalue weighted by molar-refractivity contribution is 6.14. The molecule has 7 heteroatoms. The fourth-order valence-electron chi connectivity index (χ4n) is 11.3. The van der Waals surface area contributed by atoms with Crippen LogP contribution in [0.2, 0.25) is 0 Å². The Labute approximate surface area is 431 Å². The Hall–Kier alpha value is -10.2. The van der Waals surface area contributed by atoms with Gasteiger partial charge >= 0.3 is 0 Å². The van der Waals surface area contributed by atoms with Crippen LogP contribution in [0.15, 0.2) is 261 Å². The van der Waals surface area contributed by atoms with Crippen LogP contribution in [0.3, 0.4) is 0 Å². The zero-order valence-electron chi connectivity index (χ0n) is 40.5. The molecule has 0 fully saturated rings. The second-order valence-electron chi connectivity index (χ2n) is 19.1. The fraction of sp³-hybridized carbons (Fsp3) is 0. The van der Waals surface area contributed by atoms with E-state index >= 15 is 0 Å². The number of pyridine rings is 1. The maximum Gasteiger partial charge on any atom is 0.165 e. The van der Waals surface area contributed by atoms with E-state index in [2.05, 4.69) is 202 Å². The van der Waals surface area contributed by atoms with Crippen LogP contribution in [0.25, 0.3) is 139 Å². The first kappa shape index (κ1) is 42.4. The van der Waals surface area contributed by atoms with Crippen molar-refractivity contribution >= 4 is 65.4 Å². The van der Waals surface area contributed by atoms with E-state index in [0.29, 0.717) is 17.5 Å². The SMILES string of the molecule is c1ccc(-c2nc(-c3ccccc3)nc(-c3cncc(-n4c5ccc(-c6ccc7c(c6)c6ccccc6n7-c6ccccc6)cc5c5cc(-c6ccc7c(c6)c6ccccc6n7-c6ccccc6)ccc54)c3)n2)cc1. The van der Waals surface area contributed by atoms with Gasteiger partial charge in [-0.05, 0) is 113 Å². The molecule has 5 aromatic heterocycles. The first-order valence-electron chi connectivity index (χ1n) is 25.3. The Balaban J connectivity index is 0.922. The largest absolute Gasteiger partial charge is 0.309 e. The summed E-state index contributed by atoms with van der Waals surface area (Å²) in [6.07, 6.45) is 3.79. The van der Waals surface area contributed by atoms with Gasteiger partial charge < -0.3 is 13.7 Å². The van der Waals surface area contributed by atoms with Gasteiger partial charge in [-0.15, -0.1) is 0 Å². The highest BCUT2D eigenvalue weighted by atomic mass is 15.0. The summed E-state index contributed by atoms with van der Waals surface area (Å²) in [6.45, 7) is 0. The molecule has 0 saturated heterocycles. The Kier molecular flexibility index (Phi) is 9.75. The number of nitrogens with zero attached hydrogens (tertiary/aromatic N) is 7. The third-order valence-electron chi connectivity index (χ3n) is 14.7. The summed E-state index contributed by atoms with van der Waals surface area (Å²) < 4.78 is 7.07. The van der Waals surface area contributed by atoms with Gasteiger partial charge in [-0.3, -0.25) is 4.98 Å². The van der Waals surface area contributed by atoms with E-state index in [4.69, 9.17) is 19.9 Å². The van der Waals surface area contributed by atoms with Crippen molar-refractivity contribution in [3.05, 3.63) is 261 Å². The minimum absolute atomic E-state index is 0.551. The topological polar surface area (TPSA) is 66.3 Å². The maximum absolute atomic E-state index is 5.08. The molecule has 0 unspecified atom stereocenters. The molecule has 5 heterocycles. The Bertz CT molecular complexity index is 4420. The number of fused-ring (bicyclic) bond motifs is 9. The predicted octanol–water partition coefficient (Wildman–Crippen LogP) is 16.9. The van der Waals surface area contributed by atoms with E-state index in [1.165, 1.54) is 43.6 Å². The quantitative estimate of drug-likeness (QED) is 0.152. The van der Waals surface area contributed by atoms with Gasteiger partial charge in [0, 0.05) is 66.6 Å². The van der Waals surface area contributed by atoms with Crippen molar-refractivity contribution in [1.29, 1.82) is 0 Å². The van der Waals surface area contributed by atoms with Crippen LogP contribution in [0.5, 0.6) is 0 Å². The average molecular weight is 958 g/mol. The fourth-order valence-corrected chi connectivity index (χ4v) is 11.3. The number of rotatable bonds is 8. The van der Waals surface area contributed by atoms with Gasteiger partial charge in [0.2, 0.25) is 0 Å². The van der Waals surface area contributed by atoms with E-state index in [-0.39, 0.29) is 0 Å². The number of hydrogen-bond acceptors (Lipinski definition) is 4. The average Bonchev–Trinajstić information content (AvgIpc) is 4.20. The van der Waals surface area contributed by atoms with Crippen molar-refractivity contribution in [3.63, 3.8) is 0 Å². The molecule has 10 aromatic carbocycles. The molecule has 0 aliphatic heterocycles. The molecule has 75 heavy (non-hydrogen) atoms. The lowest BCUT2D eigenvalue weighted by atomic mass is 9.98. The highest BCUT2D eigenvalue weighted by Gasteiger charge is 2.20. The monoisotopic (exact) mass is 957 g/mol. The van der Waals surface area contributed by atoms with Crippen LogP contribution in [-0.4, -0.2) is 33.6 Å². The van der Waals surface area contributed by atoms with Gasteiger partial charge in [0.15, 0.2) is 17.5 Å². The van der Waals surface area contributed by atoms with E-state index in [9.17, 15) is 0 Å². The second kappa shape index (κ2) is 17.2. The summed E-state index contributed by atoms with van der Waals surface area (Å²) in [4.78, 5) is 20.0. The molecule has 0 spiro atoms. The van der Waals surface area contributed by atoms with Gasteiger partial charge in [0.05, 0.1) is 45.0 Å². The maximum atomic E-state index is 5.08. The summed E-state index contributed by atoms with van der Waals surface area (Å²) in [5.41, 5.74) is 17.3. The molecule has 15 rings (SSSR count). The van der Waals surface area contributed by atoms with E-state index in [1.54, 1.807) is 0 Å². The van der Waals surface area contributed by atoms with Crippen molar-refractivity contribution in [2.24, 2.45) is 0 Å². The lowest BCUT2D eigenvalue weighted by Crippen LogP contribution is -2.01. The summed E-state index contributed by atoms with van der Waals surface area (Å²) >= 11 is 0. The van der Waals surface area contributed by atoms with Crippen LogP contribution < -0.4 is 0 Å². The van der Waals surface area contributed by atoms with E-state index in [0.717, 1.165) is 77.8 Å². The van der Waals surface area contributed by atoms with Crippen molar-refractivity contribution in [3.8, 4) is 73.5 Å². The summed E-state index contributed by atoms with van der Waals surface area (Å²) in [7, 11) is 0. The van der Waals surface area contributed by atoms with Crippen LogP contribution in [0, 0.1) is 0 Å². The second-order valence-corrected chi connectivity index (χ2v) is 19.1. The zero-order valence-corrected chi connectivity index (χ0v) is 40.5.